The molecule has 18 heavy (non-hydrogen) atoms. The minimum absolute atomic E-state index is 0.129. The lowest BCUT2D eigenvalue weighted by molar-refractivity contribution is 0.213. The first-order valence-corrected chi connectivity index (χ1v) is 6.22. The van der Waals surface area contributed by atoms with Crippen molar-refractivity contribution >= 4 is 0 Å². The maximum Gasteiger partial charge on any atom is 0.129 e. The van der Waals surface area contributed by atoms with Crippen LogP contribution < -0.4 is 4.74 Å². The molecule has 3 rings (SSSR count). The Balaban J connectivity index is 1.74. The van der Waals surface area contributed by atoms with Gasteiger partial charge in [0.25, 0.3) is 0 Å². The van der Waals surface area contributed by atoms with Gasteiger partial charge in [-0.3, -0.25) is 0 Å². The van der Waals surface area contributed by atoms with Crippen LogP contribution in [-0.4, -0.2) is 6.10 Å². The van der Waals surface area contributed by atoms with Gasteiger partial charge in [0.15, 0.2) is 0 Å². The molecule has 0 amide bonds. The monoisotopic (exact) mass is 242 g/mol. The Morgan fingerprint density at radius 1 is 1.06 bits per heavy atom. The molecule has 0 heterocycles. The molecule has 1 aliphatic carbocycles. The second-order valence-corrected chi connectivity index (χ2v) is 4.83. The van der Waals surface area contributed by atoms with Crippen molar-refractivity contribution in [2.75, 3.05) is 0 Å². The predicted octanol–water partition coefficient (Wildman–Crippen LogP) is 3.68. The fourth-order valence-corrected chi connectivity index (χ4v) is 2.44. The Hall–Kier alpha value is -1.83. The van der Waals surface area contributed by atoms with E-state index >= 15 is 0 Å². The third-order valence-corrected chi connectivity index (χ3v) is 3.46. The number of rotatable bonds is 2. The van der Waals surface area contributed by atoms with E-state index in [1.165, 1.54) is 17.2 Å². The van der Waals surface area contributed by atoms with E-state index in [0.717, 1.165) is 12.8 Å². The summed E-state index contributed by atoms with van der Waals surface area (Å²) in [5, 5.41) is 0. The van der Waals surface area contributed by atoms with Gasteiger partial charge in [-0.1, -0.05) is 30.3 Å². The van der Waals surface area contributed by atoms with E-state index in [9.17, 15) is 4.39 Å². The van der Waals surface area contributed by atoms with Gasteiger partial charge in [-0.25, -0.2) is 4.39 Å². The van der Waals surface area contributed by atoms with Crippen LogP contribution in [-0.2, 0) is 12.8 Å². The average Bonchev–Trinajstić information content (AvgIpc) is 2.76. The molecule has 0 bridgehead atoms. The topological polar surface area (TPSA) is 9.23 Å². The van der Waals surface area contributed by atoms with Crippen molar-refractivity contribution in [1.29, 1.82) is 0 Å². The highest BCUT2D eigenvalue weighted by atomic mass is 19.1. The summed E-state index contributed by atoms with van der Waals surface area (Å²) in [4.78, 5) is 0. The fourth-order valence-electron chi connectivity index (χ4n) is 2.44. The molecule has 0 fully saturated rings. The maximum absolute atomic E-state index is 13.4. The highest BCUT2D eigenvalue weighted by molar-refractivity contribution is 5.34. The van der Waals surface area contributed by atoms with Gasteiger partial charge in [-0.05, 0) is 29.7 Å². The number of hydrogen-bond donors (Lipinski definition) is 0. The zero-order valence-electron chi connectivity index (χ0n) is 10.3. The summed E-state index contributed by atoms with van der Waals surface area (Å²) >= 11 is 0. The lowest BCUT2D eigenvalue weighted by Gasteiger charge is -2.13. The molecule has 2 aromatic rings. The van der Waals surface area contributed by atoms with Crippen LogP contribution in [0.1, 0.15) is 16.7 Å². The van der Waals surface area contributed by atoms with E-state index < -0.39 is 0 Å². The van der Waals surface area contributed by atoms with Crippen LogP contribution >= 0.6 is 0 Å². The first-order valence-electron chi connectivity index (χ1n) is 6.22. The number of benzene rings is 2. The third kappa shape index (κ3) is 2.10. The Morgan fingerprint density at radius 2 is 1.72 bits per heavy atom. The molecule has 1 aliphatic rings. The molecule has 1 nitrogen and oxygen atoms in total. The van der Waals surface area contributed by atoms with Gasteiger partial charge in [0.2, 0.25) is 0 Å². The normalized spacial score (nSPS) is 14.6. The van der Waals surface area contributed by atoms with E-state index in [-0.39, 0.29) is 11.9 Å². The molecule has 2 heteroatoms. The standard InChI is InChI=1S/C16H15FO/c1-11-6-7-14(10-16(11)17)18-15-8-12-4-2-3-5-13(12)9-15/h2-7,10,15H,8-9H2,1H3. The van der Waals surface area contributed by atoms with Crippen LogP contribution in [0.25, 0.3) is 0 Å². The molecule has 0 N–H and O–H groups in total. The molecule has 0 aliphatic heterocycles. The zero-order chi connectivity index (χ0) is 12.5. The van der Waals surface area contributed by atoms with Crippen LogP contribution in [0.15, 0.2) is 42.5 Å². The van der Waals surface area contributed by atoms with Crippen molar-refractivity contribution < 1.29 is 9.13 Å². The Labute approximate surface area is 106 Å². The summed E-state index contributed by atoms with van der Waals surface area (Å²) in [5.74, 6) is 0.416. The van der Waals surface area contributed by atoms with Crippen molar-refractivity contribution in [3.8, 4) is 5.75 Å². The van der Waals surface area contributed by atoms with Crippen LogP contribution in [0.4, 0.5) is 4.39 Å². The average molecular weight is 242 g/mol. The molecule has 0 saturated carbocycles. The van der Waals surface area contributed by atoms with Gasteiger partial charge < -0.3 is 4.74 Å². The number of aryl methyl sites for hydroxylation is 1. The van der Waals surface area contributed by atoms with E-state index in [4.69, 9.17) is 4.74 Å². The molecular weight excluding hydrogens is 227 g/mol. The van der Waals surface area contributed by atoms with E-state index in [1.807, 2.05) is 18.2 Å². The summed E-state index contributed by atoms with van der Waals surface area (Å²) in [6, 6.07) is 13.4. The van der Waals surface area contributed by atoms with Gasteiger partial charge in [0.05, 0.1) is 0 Å². The smallest absolute Gasteiger partial charge is 0.129 e. The minimum Gasteiger partial charge on any atom is -0.490 e. The molecule has 2 aromatic carbocycles. The summed E-state index contributed by atoms with van der Waals surface area (Å²) in [5.41, 5.74) is 3.34. The van der Waals surface area contributed by atoms with E-state index in [0.29, 0.717) is 11.3 Å². The number of ether oxygens (including phenoxy) is 1. The first kappa shape index (κ1) is 11.3. The second-order valence-electron chi connectivity index (χ2n) is 4.83. The molecule has 0 atom stereocenters. The highest BCUT2D eigenvalue weighted by Gasteiger charge is 2.22. The molecule has 0 unspecified atom stereocenters. The molecule has 92 valence electrons. The summed E-state index contributed by atoms with van der Waals surface area (Å²) in [6.45, 7) is 1.75. The molecule has 0 radical (unpaired) electrons. The minimum atomic E-state index is -0.206. The number of hydrogen-bond acceptors (Lipinski definition) is 1. The molecule has 0 aromatic heterocycles. The molecule has 0 spiro atoms. The Kier molecular flexibility index (Phi) is 2.78. The van der Waals surface area contributed by atoms with Crippen molar-refractivity contribution in [2.24, 2.45) is 0 Å². The van der Waals surface area contributed by atoms with Gasteiger partial charge in [-0.2, -0.15) is 0 Å². The summed E-state index contributed by atoms with van der Waals surface area (Å²) < 4.78 is 19.3. The van der Waals surface area contributed by atoms with Crippen molar-refractivity contribution in [3.63, 3.8) is 0 Å². The summed E-state index contributed by atoms with van der Waals surface area (Å²) in [6.07, 6.45) is 1.95. The lowest BCUT2D eigenvalue weighted by atomic mass is 10.1. The highest BCUT2D eigenvalue weighted by Crippen LogP contribution is 2.26. The second kappa shape index (κ2) is 4.45. The third-order valence-electron chi connectivity index (χ3n) is 3.46. The van der Waals surface area contributed by atoms with Crippen LogP contribution in [0.5, 0.6) is 5.75 Å². The SMILES string of the molecule is Cc1ccc(OC2Cc3ccccc3C2)cc1F. The number of fused-ring (bicyclic) bond motifs is 1. The largest absolute Gasteiger partial charge is 0.490 e. The Morgan fingerprint density at radius 3 is 2.33 bits per heavy atom. The van der Waals surface area contributed by atoms with Crippen LogP contribution in [0.2, 0.25) is 0 Å². The molecular formula is C16H15FO. The van der Waals surface area contributed by atoms with Crippen LogP contribution in [0, 0.1) is 12.7 Å². The number of halogens is 1. The van der Waals surface area contributed by atoms with E-state index in [2.05, 4.69) is 12.1 Å². The fraction of sp³-hybridized carbons (Fsp3) is 0.250. The maximum atomic E-state index is 13.4. The van der Waals surface area contributed by atoms with Gasteiger partial charge >= 0.3 is 0 Å². The molecule has 0 saturated heterocycles. The van der Waals surface area contributed by atoms with Gasteiger partial charge in [0.1, 0.15) is 17.7 Å². The quantitative estimate of drug-likeness (QED) is 0.780. The zero-order valence-corrected chi connectivity index (χ0v) is 10.3. The van der Waals surface area contributed by atoms with Crippen molar-refractivity contribution in [3.05, 3.63) is 65.0 Å². The Bertz CT molecular complexity index is 552. The van der Waals surface area contributed by atoms with Crippen molar-refractivity contribution in [1.82, 2.24) is 0 Å². The first-order chi connectivity index (χ1) is 8.72. The van der Waals surface area contributed by atoms with Crippen LogP contribution in [0.3, 0.4) is 0 Å². The van der Waals surface area contributed by atoms with E-state index in [1.54, 1.807) is 13.0 Å². The predicted molar refractivity (Wildman–Crippen MR) is 69.4 cm³/mol. The van der Waals surface area contributed by atoms with Crippen molar-refractivity contribution in [2.45, 2.75) is 25.9 Å². The van der Waals surface area contributed by atoms with Gasteiger partial charge in [-0.15, -0.1) is 0 Å². The lowest BCUT2D eigenvalue weighted by Crippen LogP contribution is -2.16. The van der Waals surface area contributed by atoms with Gasteiger partial charge in [0, 0.05) is 18.9 Å². The summed E-state index contributed by atoms with van der Waals surface area (Å²) in [7, 11) is 0.